The molecule has 6 heteroatoms. The van der Waals surface area contributed by atoms with Gasteiger partial charge in [-0.25, -0.2) is 4.79 Å². The van der Waals surface area contributed by atoms with Gasteiger partial charge in [0, 0.05) is 43.5 Å². The van der Waals surface area contributed by atoms with Crippen LogP contribution in [-0.2, 0) is 11.2 Å². The van der Waals surface area contributed by atoms with E-state index < -0.39 is 0 Å². The summed E-state index contributed by atoms with van der Waals surface area (Å²) in [5.74, 6) is 0.733. The normalized spacial score (nSPS) is 25.5. The first kappa shape index (κ1) is 15.9. The molecule has 1 aliphatic carbocycles. The van der Waals surface area contributed by atoms with Crippen LogP contribution in [0.3, 0.4) is 0 Å². The van der Waals surface area contributed by atoms with E-state index in [0.29, 0.717) is 11.5 Å². The fourth-order valence-electron chi connectivity index (χ4n) is 4.55. The van der Waals surface area contributed by atoms with Crippen molar-refractivity contribution < 1.29 is 9.53 Å². The zero-order chi connectivity index (χ0) is 16.6. The number of H-pyrrole nitrogens is 1. The summed E-state index contributed by atoms with van der Waals surface area (Å²) in [6.07, 6.45) is 8.61. The van der Waals surface area contributed by atoms with Crippen molar-refractivity contribution in [1.82, 2.24) is 20.4 Å². The van der Waals surface area contributed by atoms with E-state index in [1.165, 1.54) is 18.4 Å². The predicted octanol–water partition coefficient (Wildman–Crippen LogP) is 2.25. The van der Waals surface area contributed by atoms with Gasteiger partial charge in [0.1, 0.15) is 0 Å². The lowest BCUT2D eigenvalue weighted by Crippen LogP contribution is -2.70. The fraction of sp³-hybridized carbons (Fsp3) is 0.778. The average molecular weight is 332 g/mol. The van der Waals surface area contributed by atoms with E-state index in [1.54, 1.807) is 0 Å². The van der Waals surface area contributed by atoms with Crippen molar-refractivity contribution in [1.29, 1.82) is 0 Å². The minimum absolute atomic E-state index is 0.132. The molecule has 1 atom stereocenters. The van der Waals surface area contributed by atoms with Crippen molar-refractivity contribution in [3.8, 4) is 0 Å². The van der Waals surface area contributed by atoms with Gasteiger partial charge in [0.05, 0.1) is 6.20 Å². The number of hydrogen-bond donors (Lipinski definition) is 2. The third-order valence-corrected chi connectivity index (χ3v) is 6.10. The van der Waals surface area contributed by atoms with Crippen molar-refractivity contribution >= 4 is 6.03 Å². The number of rotatable bonds is 5. The first-order valence-corrected chi connectivity index (χ1v) is 9.31. The Labute approximate surface area is 143 Å². The summed E-state index contributed by atoms with van der Waals surface area (Å²) in [5, 5.41) is 10.1. The predicted molar refractivity (Wildman–Crippen MR) is 90.7 cm³/mol. The van der Waals surface area contributed by atoms with Gasteiger partial charge >= 0.3 is 6.03 Å². The number of carbonyl (C=O) groups excluding carboxylic acids is 1. The molecule has 0 bridgehead atoms. The first-order chi connectivity index (χ1) is 11.7. The SMILES string of the molecule is Cc1[nH]ncc1CCCNC(=O)N1CC2(CCOCC2)C1C1CC1. The summed E-state index contributed by atoms with van der Waals surface area (Å²) in [6, 6.07) is 0.588. The number of nitrogens with one attached hydrogen (secondary N) is 2. The molecule has 6 nitrogen and oxygen atoms in total. The molecule has 2 saturated heterocycles. The Morgan fingerprint density at radius 3 is 2.92 bits per heavy atom. The van der Waals surface area contributed by atoms with Crippen LogP contribution in [0.5, 0.6) is 0 Å². The summed E-state index contributed by atoms with van der Waals surface area (Å²) >= 11 is 0. The Kier molecular flexibility index (Phi) is 4.24. The summed E-state index contributed by atoms with van der Waals surface area (Å²) in [4.78, 5) is 14.7. The van der Waals surface area contributed by atoms with E-state index in [2.05, 4.69) is 20.4 Å². The molecule has 1 aromatic heterocycles. The second kappa shape index (κ2) is 6.39. The van der Waals surface area contributed by atoms with Crippen LogP contribution < -0.4 is 5.32 Å². The Balaban J connectivity index is 1.26. The number of aromatic amines is 1. The molecule has 1 saturated carbocycles. The maximum Gasteiger partial charge on any atom is 0.317 e. The minimum Gasteiger partial charge on any atom is -0.381 e. The van der Waals surface area contributed by atoms with Crippen molar-refractivity contribution in [3.63, 3.8) is 0 Å². The number of likely N-dealkylation sites (tertiary alicyclic amines) is 1. The van der Waals surface area contributed by atoms with Crippen molar-refractivity contribution in [2.24, 2.45) is 11.3 Å². The molecule has 0 aromatic carbocycles. The van der Waals surface area contributed by atoms with E-state index in [1.807, 2.05) is 13.1 Å². The number of amides is 2. The highest BCUT2D eigenvalue weighted by molar-refractivity contribution is 5.76. The van der Waals surface area contributed by atoms with Gasteiger partial charge in [-0.15, -0.1) is 0 Å². The fourth-order valence-corrected chi connectivity index (χ4v) is 4.55. The van der Waals surface area contributed by atoms with Gasteiger partial charge in [-0.1, -0.05) is 0 Å². The van der Waals surface area contributed by atoms with E-state index in [4.69, 9.17) is 4.74 Å². The van der Waals surface area contributed by atoms with E-state index in [9.17, 15) is 4.79 Å². The monoisotopic (exact) mass is 332 g/mol. The molecule has 3 aliphatic rings. The molecular weight excluding hydrogens is 304 g/mol. The molecule has 2 N–H and O–H groups in total. The number of aryl methyl sites for hydroxylation is 2. The lowest BCUT2D eigenvalue weighted by Gasteiger charge is -2.59. The lowest BCUT2D eigenvalue weighted by atomic mass is 9.64. The molecule has 1 spiro atoms. The summed E-state index contributed by atoms with van der Waals surface area (Å²) in [5.41, 5.74) is 2.72. The average Bonchev–Trinajstić information content (AvgIpc) is 3.31. The third kappa shape index (κ3) is 2.92. The van der Waals surface area contributed by atoms with Crippen molar-refractivity contribution in [2.45, 2.75) is 51.5 Å². The third-order valence-electron chi connectivity index (χ3n) is 6.10. The van der Waals surface area contributed by atoms with Gasteiger partial charge in [0.15, 0.2) is 0 Å². The molecule has 3 heterocycles. The Hall–Kier alpha value is -1.56. The number of aromatic nitrogens is 2. The van der Waals surface area contributed by atoms with Gasteiger partial charge in [-0.3, -0.25) is 5.10 Å². The molecule has 4 rings (SSSR count). The van der Waals surface area contributed by atoms with E-state index >= 15 is 0 Å². The second-order valence-corrected chi connectivity index (χ2v) is 7.74. The molecule has 0 radical (unpaired) electrons. The number of ether oxygens (including phenoxy) is 1. The molecule has 2 amide bonds. The number of carbonyl (C=O) groups is 1. The number of hydrogen-bond acceptors (Lipinski definition) is 3. The van der Waals surface area contributed by atoms with Gasteiger partial charge < -0.3 is 15.0 Å². The number of urea groups is 1. The van der Waals surface area contributed by atoms with Crippen LogP contribution in [0.15, 0.2) is 6.20 Å². The van der Waals surface area contributed by atoms with Crippen LogP contribution in [0, 0.1) is 18.3 Å². The van der Waals surface area contributed by atoms with Crippen LogP contribution in [0.4, 0.5) is 4.79 Å². The summed E-state index contributed by atoms with van der Waals surface area (Å²) in [7, 11) is 0. The summed E-state index contributed by atoms with van der Waals surface area (Å²) < 4.78 is 5.54. The molecule has 2 aliphatic heterocycles. The Bertz CT molecular complexity index is 590. The standard InChI is InChI=1S/C18H28N4O2/c1-13-15(11-20-21-13)3-2-8-19-17(23)22-12-18(6-9-24-10-7-18)16(22)14-4-5-14/h11,14,16H,2-10,12H2,1H3,(H,19,23)(H,20,21). The van der Waals surface area contributed by atoms with Crippen LogP contribution in [-0.4, -0.2) is 53.5 Å². The zero-order valence-corrected chi connectivity index (χ0v) is 14.5. The lowest BCUT2D eigenvalue weighted by molar-refractivity contribution is -0.117. The first-order valence-electron chi connectivity index (χ1n) is 9.31. The van der Waals surface area contributed by atoms with E-state index in [0.717, 1.165) is 63.6 Å². The molecule has 1 unspecified atom stereocenters. The van der Waals surface area contributed by atoms with Crippen LogP contribution in [0.25, 0.3) is 0 Å². The van der Waals surface area contributed by atoms with Crippen molar-refractivity contribution in [3.05, 3.63) is 17.5 Å². The van der Waals surface area contributed by atoms with Crippen molar-refractivity contribution in [2.75, 3.05) is 26.3 Å². The Morgan fingerprint density at radius 1 is 1.46 bits per heavy atom. The topological polar surface area (TPSA) is 70.2 Å². The van der Waals surface area contributed by atoms with Gasteiger partial charge in [0.2, 0.25) is 0 Å². The molecule has 132 valence electrons. The molecule has 1 aromatic rings. The number of nitrogens with zero attached hydrogens (tertiary/aromatic N) is 2. The van der Waals surface area contributed by atoms with Crippen LogP contribution in [0.1, 0.15) is 43.4 Å². The smallest absolute Gasteiger partial charge is 0.317 e. The highest BCUT2D eigenvalue weighted by Crippen LogP contribution is 2.54. The molecular formula is C18H28N4O2. The minimum atomic E-state index is 0.132. The highest BCUT2D eigenvalue weighted by atomic mass is 16.5. The molecule has 24 heavy (non-hydrogen) atoms. The maximum absolute atomic E-state index is 12.6. The van der Waals surface area contributed by atoms with Crippen LogP contribution in [0.2, 0.25) is 0 Å². The highest BCUT2D eigenvalue weighted by Gasteiger charge is 2.59. The summed E-state index contributed by atoms with van der Waals surface area (Å²) in [6.45, 7) is 5.41. The quantitative estimate of drug-likeness (QED) is 0.813. The second-order valence-electron chi connectivity index (χ2n) is 7.74. The van der Waals surface area contributed by atoms with Crippen LogP contribution >= 0.6 is 0 Å². The van der Waals surface area contributed by atoms with Gasteiger partial charge in [0.25, 0.3) is 0 Å². The molecule has 3 fully saturated rings. The van der Waals surface area contributed by atoms with E-state index in [-0.39, 0.29) is 6.03 Å². The zero-order valence-electron chi connectivity index (χ0n) is 14.5. The maximum atomic E-state index is 12.6. The van der Waals surface area contributed by atoms with Gasteiger partial charge in [-0.2, -0.15) is 5.10 Å². The largest absolute Gasteiger partial charge is 0.381 e. The van der Waals surface area contributed by atoms with Gasteiger partial charge in [-0.05, 0) is 56.9 Å². The Morgan fingerprint density at radius 2 is 2.25 bits per heavy atom.